The van der Waals surface area contributed by atoms with Gasteiger partial charge in [-0.3, -0.25) is 9.59 Å². The fourth-order valence-electron chi connectivity index (χ4n) is 4.27. The van der Waals surface area contributed by atoms with Gasteiger partial charge in [0.2, 0.25) is 0 Å². The van der Waals surface area contributed by atoms with E-state index in [9.17, 15) is 19.6 Å². The predicted molar refractivity (Wildman–Crippen MR) is 128 cm³/mol. The molecule has 2 heterocycles. The Balaban J connectivity index is 1.87. The van der Waals surface area contributed by atoms with Crippen LogP contribution in [0.3, 0.4) is 0 Å². The number of nitroso groups, excluding NO2 is 1. The summed E-state index contributed by atoms with van der Waals surface area (Å²) in [6, 6.07) is 4.65. The van der Waals surface area contributed by atoms with Crippen LogP contribution in [0, 0.1) is 10.3 Å². The zero-order chi connectivity index (χ0) is 24.9. The summed E-state index contributed by atoms with van der Waals surface area (Å²) >= 11 is 0. The van der Waals surface area contributed by atoms with E-state index < -0.39 is 11.3 Å². The van der Waals surface area contributed by atoms with E-state index in [-0.39, 0.29) is 22.8 Å². The number of phenolic OH excluding ortho intramolecular Hbond substituents is 1. The van der Waals surface area contributed by atoms with Crippen molar-refractivity contribution >= 4 is 5.91 Å². The molecule has 3 N–H and O–H groups in total. The van der Waals surface area contributed by atoms with E-state index >= 15 is 0 Å². The van der Waals surface area contributed by atoms with Crippen molar-refractivity contribution in [2.75, 3.05) is 13.2 Å². The maximum Gasteiger partial charge on any atom is 0.322 e. The van der Waals surface area contributed by atoms with Crippen LogP contribution in [0.5, 0.6) is 11.5 Å². The normalized spacial score (nSPS) is 15.1. The van der Waals surface area contributed by atoms with Crippen molar-refractivity contribution in [2.45, 2.75) is 58.9 Å². The van der Waals surface area contributed by atoms with E-state index in [2.05, 4.69) is 36.3 Å². The van der Waals surface area contributed by atoms with E-state index in [4.69, 9.17) is 10.6 Å². The molecule has 0 spiro atoms. The minimum Gasteiger partial charge on any atom is -0.504 e. The van der Waals surface area contributed by atoms with Crippen LogP contribution in [0.2, 0.25) is 0 Å². The second kappa shape index (κ2) is 10.6. The number of aromatic nitrogens is 1. The molecule has 10 nitrogen and oxygen atoms in total. The first-order valence-electron chi connectivity index (χ1n) is 11.4. The molecule has 0 saturated carbocycles. The maximum atomic E-state index is 12.6. The molecule has 1 aliphatic rings. The minimum absolute atomic E-state index is 0.0231. The third-order valence-electron chi connectivity index (χ3n) is 6.09. The summed E-state index contributed by atoms with van der Waals surface area (Å²) in [5, 5.41) is 20.0. The van der Waals surface area contributed by atoms with Gasteiger partial charge in [0, 0.05) is 29.0 Å². The van der Waals surface area contributed by atoms with Gasteiger partial charge in [-0.2, -0.15) is 5.11 Å². The van der Waals surface area contributed by atoms with Gasteiger partial charge in [-0.1, -0.05) is 32.4 Å². The molecule has 34 heavy (non-hydrogen) atoms. The van der Waals surface area contributed by atoms with Crippen LogP contribution in [-0.2, 0) is 6.42 Å². The van der Waals surface area contributed by atoms with Crippen LogP contribution in [0.15, 0.2) is 44.7 Å². The number of pyridine rings is 1. The number of fused-ring (bicyclic) bond motifs is 3. The second-order valence-corrected chi connectivity index (χ2v) is 9.55. The number of aromatic hydroxyl groups is 1. The topological polar surface area (TPSA) is 149 Å². The van der Waals surface area contributed by atoms with Crippen molar-refractivity contribution in [1.29, 1.82) is 0 Å². The fourth-order valence-corrected chi connectivity index (χ4v) is 4.27. The Morgan fingerprint density at radius 1 is 1.21 bits per heavy atom. The Hall–Kier alpha value is -3.56. The Kier molecular flexibility index (Phi) is 7.80. The van der Waals surface area contributed by atoms with Crippen LogP contribution in [0.25, 0.3) is 11.3 Å². The van der Waals surface area contributed by atoms with E-state index in [1.165, 1.54) is 12.3 Å². The lowest BCUT2D eigenvalue weighted by Crippen LogP contribution is -2.32. The lowest BCUT2D eigenvalue weighted by Gasteiger charge is -2.39. The number of hydrogen-bond donors (Lipinski definition) is 2. The second-order valence-electron chi connectivity index (χ2n) is 9.55. The number of ether oxygens (including phenoxy) is 1. The van der Waals surface area contributed by atoms with E-state index in [1.807, 2.05) is 10.6 Å². The zero-order valence-electron chi connectivity index (χ0n) is 19.8. The molecule has 0 bridgehead atoms. The van der Waals surface area contributed by atoms with Crippen LogP contribution in [0.1, 0.15) is 68.4 Å². The minimum atomic E-state index is -1.09. The molecule has 2 aromatic rings. The highest BCUT2D eigenvalue weighted by atomic mass is 16.5. The first-order valence-corrected chi connectivity index (χ1v) is 11.4. The van der Waals surface area contributed by atoms with Crippen molar-refractivity contribution in [3.05, 3.63) is 50.7 Å². The van der Waals surface area contributed by atoms with Gasteiger partial charge in [-0.05, 0) is 48.8 Å². The number of hydrogen-bond acceptors (Lipinski definition) is 7. The van der Waals surface area contributed by atoms with Gasteiger partial charge in [0.25, 0.3) is 0 Å². The van der Waals surface area contributed by atoms with Crippen molar-refractivity contribution in [1.82, 2.24) is 4.57 Å². The Bertz CT molecular complexity index is 1150. The number of nitrogens with zero attached hydrogens (tertiary/aromatic N) is 4. The summed E-state index contributed by atoms with van der Waals surface area (Å²) in [5.41, 5.74) is 1.14. The van der Waals surface area contributed by atoms with Crippen molar-refractivity contribution < 1.29 is 14.6 Å². The van der Waals surface area contributed by atoms with Crippen LogP contribution in [-0.4, -0.2) is 28.7 Å². The number of nitrogens with two attached hydrogens (primary N) is 1. The quantitative estimate of drug-likeness (QED) is 0.181. The molecule has 3 rings (SSSR count). The molecule has 0 aliphatic carbocycles. The number of unbranched alkanes of at least 4 members (excludes halogenated alkanes) is 3. The van der Waals surface area contributed by atoms with Crippen LogP contribution >= 0.6 is 0 Å². The standard InChI is InChI=1S/C24H31N5O5/c1-24(2,3)22-11-15-10-21(34-9-7-5-4-6-8-26-28-25)20(31)12-16(15)18-13-19(30)17(14-29(18)22)23(32)27-33/h10,12-14,22,31H,4-9,11H2,1-3H3,(H2,25,26)/t22-/m1/s1. The molecule has 1 amide bonds. The third kappa shape index (κ3) is 5.49. The van der Waals surface area contributed by atoms with Gasteiger partial charge >= 0.3 is 5.91 Å². The first kappa shape index (κ1) is 25.1. The van der Waals surface area contributed by atoms with E-state index in [0.717, 1.165) is 31.2 Å². The van der Waals surface area contributed by atoms with Gasteiger partial charge < -0.3 is 20.3 Å². The van der Waals surface area contributed by atoms with Crippen molar-refractivity contribution in [3.63, 3.8) is 0 Å². The molecule has 1 aromatic carbocycles. The Morgan fingerprint density at radius 2 is 1.94 bits per heavy atom. The number of carbonyl (C=O) groups is 1. The molecular formula is C24H31N5O5. The number of benzene rings is 1. The summed E-state index contributed by atoms with van der Waals surface area (Å²) in [6.45, 7) is 7.28. The highest BCUT2D eigenvalue weighted by molar-refractivity contribution is 5.94. The lowest BCUT2D eigenvalue weighted by molar-refractivity contribution is 0.0998. The van der Waals surface area contributed by atoms with E-state index in [0.29, 0.717) is 36.6 Å². The first-order chi connectivity index (χ1) is 16.2. The number of carbonyl (C=O) groups excluding carboxylic acids is 1. The van der Waals surface area contributed by atoms with Gasteiger partial charge in [0.15, 0.2) is 16.9 Å². The highest BCUT2D eigenvalue weighted by Gasteiger charge is 2.34. The molecule has 10 heteroatoms. The summed E-state index contributed by atoms with van der Waals surface area (Å²) in [7, 11) is 0. The van der Waals surface area contributed by atoms with Crippen molar-refractivity contribution in [3.8, 4) is 22.8 Å². The maximum absolute atomic E-state index is 12.6. The molecule has 0 radical (unpaired) electrons. The highest BCUT2D eigenvalue weighted by Crippen LogP contribution is 2.45. The van der Waals surface area contributed by atoms with Crippen LogP contribution in [0.4, 0.5) is 0 Å². The van der Waals surface area contributed by atoms with Crippen molar-refractivity contribution in [2.24, 2.45) is 26.8 Å². The van der Waals surface area contributed by atoms with Gasteiger partial charge in [0.1, 0.15) is 5.56 Å². The smallest absolute Gasteiger partial charge is 0.322 e. The average Bonchev–Trinajstić information content (AvgIpc) is 2.79. The summed E-state index contributed by atoms with van der Waals surface area (Å²) in [6.07, 6.45) is 5.71. The van der Waals surface area contributed by atoms with E-state index in [1.54, 1.807) is 6.07 Å². The SMILES string of the molecule is CC(C)(C)[C@H]1Cc2cc(OCCCCCCN=NN)c(O)cc2-c2cc(=O)c(C(=O)N=O)cn21. The average molecular weight is 470 g/mol. The van der Waals surface area contributed by atoms with Gasteiger partial charge in [-0.25, -0.2) is 0 Å². The molecule has 0 fully saturated rings. The monoisotopic (exact) mass is 469 g/mol. The lowest BCUT2D eigenvalue weighted by atomic mass is 9.78. The van der Waals surface area contributed by atoms with Crippen LogP contribution < -0.4 is 16.0 Å². The predicted octanol–water partition coefficient (Wildman–Crippen LogP) is 4.54. The molecule has 0 unspecified atom stereocenters. The third-order valence-corrected chi connectivity index (χ3v) is 6.09. The molecule has 0 saturated heterocycles. The molecule has 1 atom stereocenters. The largest absolute Gasteiger partial charge is 0.504 e. The number of amides is 1. The molecule has 1 aromatic heterocycles. The fraction of sp³-hybridized carbons (Fsp3) is 0.500. The summed E-state index contributed by atoms with van der Waals surface area (Å²) in [4.78, 5) is 35.2. The summed E-state index contributed by atoms with van der Waals surface area (Å²) < 4.78 is 7.70. The Labute approximate surface area is 197 Å². The number of rotatable bonds is 9. The molecule has 182 valence electrons. The molecular weight excluding hydrogens is 438 g/mol. The van der Waals surface area contributed by atoms with Gasteiger partial charge in [0.05, 0.1) is 18.8 Å². The summed E-state index contributed by atoms with van der Waals surface area (Å²) in [5.74, 6) is 4.26. The Morgan fingerprint density at radius 3 is 2.62 bits per heavy atom. The van der Waals surface area contributed by atoms with Gasteiger partial charge in [-0.15, -0.1) is 4.91 Å². The zero-order valence-corrected chi connectivity index (χ0v) is 19.8. The molecule has 1 aliphatic heterocycles. The number of phenols is 1.